The minimum absolute atomic E-state index is 0.233. The Labute approximate surface area is 109 Å². The summed E-state index contributed by atoms with van der Waals surface area (Å²) in [6.45, 7) is 0.789. The minimum atomic E-state index is -4.34. The Morgan fingerprint density at radius 2 is 2.00 bits per heavy atom. The predicted octanol–water partition coefficient (Wildman–Crippen LogP) is 2.80. The second kappa shape index (κ2) is 6.29. The van der Waals surface area contributed by atoms with Crippen molar-refractivity contribution in [3.63, 3.8) is 0 Å². The highest BCUT2D eigenvalue weighted by atomic mass is 32.2. The van der Waals surface area contributed by atoms with Crippen LogP contribution in [0.3, 0.4) is 0 Å². The molecule has 3 nitrogen and oxygen atoms in total. The van der Waals surface area contributed by atoms with Gasteiger partial charge < -0.3 is 10.2 Å². The van der Waals surface area contributed by atoms with Gasteiger partial charge in [-0.2, -0.15) is 13.2 Å². The van der Waals surface area contributed by atoms with Crippen LogP contribution >= 0.6 is 11.8 Å². The van der Waals surface area contributed by atoms with Crippen LogP contribution in [-0.2, 0) is 6.18 Å². The molecule has 0 aliphatic rings. The van der Waals surface area contributed by atoms with E-state index in [-0.39, 0.29) is 5.82 Å². The summed E-state index contributed by atoms with van der Waals surface area (Å²) in [6, 6.07) is 2.09. The maximum absolute atomic E-state index is 12.7. The normalized spacial score (nSPS) is 11.9. The molecule has 0 aromatic carbocycles. The van der Waals surface area contributed by atoms with E-state index in [9.17, 15) is 13.2 Å². The largest absolute Gasteiger partial charge is 0.416 e. The van der Waals surface area contributed by atoms with Crippen LogP contribution in [0.2, 0.25) is 0 Å². The van der Waals surface area contributed by atoms with Crippen molar-refractivity contribution in [1.29, 1.82) is 0 Å². The SMILES string of the molecule is CNc1cc(C(F)(F)F)cc(SCCN(C)C)n1. The van der Waals surface area contributed by atoms with Crippen LogP contribution < -0.4 is 5.32 Å². The molecule has 0 bridgehead atoms. The number of aromatic nitrogens is 1. The number of alkyl halides is 3. The van der Waals surface area contributed by atoms with Gasteiger partial charge in [0, 0.05) is 19.3 Å². The van der Waals surface area contributed by atoms with Gasteiger partial charge in [0.1, 0.15) is 5.82 Å². The maximum Gasteiger partial charge on any atom is 0.416 e. The molecule has 1 rings (SSSR count). The molecule has 102 valence electrons. The average molecular weight is 279 g/mol. The summed E-state index contributed by atoms with van der Waals surface area (Å²) in [6.07, 6.45) is -4.34. The molecular formula is C11H16F3N3S. The van der Waals surface area contributed by atoms with Crippen molar-refractivity contribution in [1.82, 2.24) is 9.88 Å². The van der Waals surface area contributed by atoms with Crippen molar-refractivity contribution in [3.05, 3.63) is 17.7 Å². The molecule has 0 radical (unpaired) electrons. The molecule has 0 fully saturated rings. The lowest BCUT2D eigenvalue weighted by atomic mass is 10.2. The summed E-state index contributed by atoms with van der Waals surface area (Å²) >= 11 is 1.32. The van der Waals surface area contributed by atoms with Gasteiger partial charge in [-0.15, -0.1) is 11.8 Å². The highest BCUT2D eigenvalue weighted by Crippen LogP contribution is 2.32. The van der Waals surface area contributed by atoms with Crippen LogP contribution in [0.25, 0.3) is 0 Å². The molecule has 1 aromatic rings. The van der Waals surface area contributed by atoms with E-state index in [1.807, 2.05) is 19.0 Å². The molecule has 0 atom stereocenters. The predicted molar refractivity (Wildman–Crippen MR) is 68.1 cm³/mol. The monoisotopic (exact) mass is 279 g/mol. The standard InChI is InChI=1S/C11H16F3N3S/c1-15-9-6-8(11(12,13)14)7-10(16-9)18-5-4-17(2)3/h6-7H,4-5H2,1-3H3,(H,15,16). The fraction of sp³-hybridized carbons (Fsp3) is 0.545. The molecule has 7 heteroatoms. The third-order valence-corrected chi connectivity index (χ3v) is 3.07. The van der Waals surface area contributed by atoms with Gasteiger partial charge in [-0.25, -0.2) is 4.98 Å². The summed E-state index contributed by atoms with van der Waals surface area (Å²) in [5.41, 5.74) is -0.672. The first-order chi connectivity index (χ1) is 8.32. The lowest BCUT2D eigenvalue weighted by Crippen LogP contribution is -2.15. The second-order valence-electron chi connectivity index (χ2n) is 3.98. The summed E-state index contributed by atoms with van der Waals surface area (Å²) in [7, 11) is 5.38. The van der Waals surface area contributed by atoms with Crippen molar-refractivity contribution in [2.45, 2.75) is 11.2 Å². The van der Waals surface area contributed by atoms with E-state index in [4.69, 9.17) is 0 Å². The zero-order valence-electron chi connectivity index (χ0n) is 10.5. The van der Waals surface area contributed by atoms with Crippen LogP contribution in [0.4, 0.5) is 19.0 Å². The van der Waals surface area contributed by atoms with Gasteiger partial charge in [0.2, 0.25) is 0 Å². The third kappa shape index (κ3) is 4.73. The molecule has 18 heavy (non-hydrogen) atoms. The first-order valence-corrected chi connectivity index (χ1v) is 6.36. The lowest BCUT2D eigenvalue weighted by Gasteiger charge is -2.12. The van der Waals surface area contributed by atoms with E-state index in [0.29, 0.717) is 10.8 Å². The first kappa shape index (κ1) is 15.1. The Morgan fingerprint density at radius 3 is 2.50 bits per heavy atom. The van der Waals surface area contributed by atoms with Crippen LogP contribution in [0.15, 0.2) is 17.2 Å². The highest BCUT2D eigenvalue weighted by Gasteiger charge is 2.31. The molecule has 0 saturated carbocycles. The smallest absolute Gasteiger partial charge is 0.373 e. The van der Waals surface area contributed by atoms with Crippen LogP contribution in [0, 0.1) is 0 Å². The fourth-order valence-corrected chi connectivity index (χ4v) is 2.24. The molecule has 1 N–H and O–H groups in total. The van der Waals surface area contributed by atoms with Gasteiger partial charge in [-0.1, -0.05) is 0 Å². The number of rotatable bonds is 5. The minimum Gasteiger partial charge on any atom is -0.373 e. The molecular weight excluding hydrogens is 263 g/mol. The van der Waals surface area contributed by atoms with Crippen molar-refractivity contribution in [2.75, 3.05) is 38.8 Å². The Hall–Kier alpha value is -0.950. The topological polar surface area (TPSA) is 28.2 Å². The average Bonchev–Trinajstić information content (AvgIpc) is 2.27. The van der Waals surface area contributed by atoms with Gasteiger partial charge >= 0.3 is 6.18 Å². The number of nitrogens with zero attached hydrogens (tertiary/aromatic N) is 2. The quantitative estimate of drug-likeness (QED) is 0.839. The van der Waals surface area contributed by atoms with Crippen molar-refractivity contribution >= 4 is 17.6 Å². The molecule has 1 aromatic heterocycles. The van der Waals surface area contributed by atoms with Crippen LogP contribution in [-0.4, -0.2) is 43.3 Å². The number of thioether (sulfide) groups is 1. The van der Waals surface area contributed by atoms with E-state index in [1.165, 1.54) is 11.8 Å². The maximum atomic E-state index is 12.7. The second-order valence-corrected chi connectivity index (χ2v) is 5.09. The first-order valence-electron chi connectivity index (χ1n) is 5.37. The Morgan fingerprint density at radius 1 is 1.33 bits per heavy atom. The lowest BCUT2D eigenvalue weighted by molar-refractivity contribution is -0.137. The van der Waals surface area contributed by atoms with Gasteiger partial charge in [-0.05, 0) is 26.2 Å². The summed E-state index contributed by atoms with van der Waals surface area (Å²) < 4.78 is 38.0. The number of anilines is 1. The summed E-state index contributed by atoms with van der Waals surface area (Å²) in [5, 5.41) is 3.03. The molecule has 0 aliphatic heterocycles. The van der Waals surface area contributed by atoms with E-state index >= 15 is 0 Å². The van der Waals surface area contributed by atoms with Gasteiger partial charge in [0.15, 0.2) is 0 Å². The number of nitrogens with one attached hydrogen (secondary N) is 1. The number of hydrogen-bond donors (Lipinski definition) is 1. The zero-order chi connectivity index (χ0) is 13.8. The van der Waals surface area contributed by atoms with E-state index in [2.05, 4.69) is 10.3 Å². The van der Waals surface area contributed by atoms with E-state index in [0.717, 1.165) is 18.7 Å². The molecule has 1 heterocycles. The van der Waals surface area contributed by atoms with Crippen molar-refractivity contribution in [3.8, 4) is 0 Å². The van der Waals surface area contributed by atoms with Gasteiger partial charge in [0.05, 0.1) is 10.6 Å². The van der Waals surface area contributed by atoms with Gasteiger partial charge in [-0.3, -0.25) is 0 Å². The third-order valence-electron chi connectivity index (χ3n) is 2.17. The van der Waals surface area contributed by atoms with Crippen LogP contribution in [0.5, 0.6) is 0 Å². The zero-order valence-corrected chi connectivity index (χ0v) is 11.3. The van der Waals surface area contributed by atoms with Gasteiger partial charge in [0.25, 0.3) is 0 Å². The Bertz CT molecular complexity index is 394. The molecule has 0 amide bonds. The van der Waals surface area contributed by atoms with E-state index < -0.39 is 11.7 Å². The summed E-state index contributed by atoms with van der Waals surface area (Å²) in [4.78, 5) is 6.07. The number of pyridine rings is 1. The highest BCUT2D eigenvalue weighted by molar-refractivity contribution is 7.99. The molecule has 0 unspecified atom stereocenters. The number of halogens is 3. The molecule has 0 saturated heterocycles. The molecule has 0 aliphatic carbocycles. The van der Waals surface area contributed by atoms with Crippen LogP contribution in [0.1, 0.15) is 5.56 Å². The van der Waals surface area contributed by atoms with Crippen molar-refractivity contribution < 1.29 is 13.2 Å². The molecule has 0 spiro atoms. The fourth-order valence-electron chi connectivity index (χ4n) is 1.20. The number of hydrogen-bond acceptors (Lipinski definition) is 4. The Kier molecular flexibility index (Phi) is 5.28. The van der Waals surface area contributed by atoms with E-state index in [1.54, 1.807) is 7.05 Å². The van der Waals surface area contributed by atoms with Crippen molar-refractivity contribution in [2.24, 2.45) is 0 Å². The summed E-state index contributed by atoms with van der Waals surface area (Å²) in [5.74, 6) is 0.932. The Balaban J connectivity index is 2.84.